The van der Waals surface area contributed by atoms with Gasteiger partial charge in [0, 0.05) is 30.3 Å². The van der Waals surface area contributed by atoms with Gasteiger partial charge in [0.25, 0.3) is 0 Å². The van der Waals surface area contributed by atoms with Gasteiger partial charge in [-0.25, -0.2) is 0 Å². The first-order chi connectivity index (χ1) is 13.5. The van der Waals surface area contributed by atoms with Gasteiger partial charge in [-0.1, -0.05) is 30.9 Å². The van der Waals surface area contributed by atoms with Crippen LogP contribution in [0.5, 0.6) is 0 Å². The van der Waals surface area contributed by atoms with Crippen molar-refractivity contribution in [2.24, 2.45) is 5.92 Å². The number of hydrogen-bond acceptors (Lipinski definition) is 4. The fourth-order valence-corrected chi connectivity index (χ4v) is 4.55. The molecule has 0 spiro atoms. The third-order valence-corrected chi connectivity index (χ3v) is 6.52. The van der Waals surface area contributed by atoms with Crippen LogP contribution in [0.25, 0.3) is 0 Å². The number of benzene rings is 1. The van der Waals surface area contributed by atoms with Crippen LogP contribution >= 0.6 is 24.2 Å². The van der Waals surface area contributed by atoms with Crippen LogP contribution in [-0.4, -0.2) is 47.6 Å². The fraction of sp³-hybridized carbons (Fsp3) is 0.619. The summed E-state index contributed by atoms with van der Waals surface area (Å²) in [6.45, 7) is 2.18. The molecule has 1 saturated heterocycles. The average molecular weight is 424 g/mol. The van der Waals surface area contributed by atoms with Crippen LogP contribution < -0.4 is 10.6 Å². The van der Waals surface area contributed by atoms with Crippen LogP contribution in [0.1, 0.15) is 44.9 Å². The third kappa shape index (κ3) is 5.35. The van der Waals surface area contributed by atoms with Crippen LogP contribution in [-0.2, 0) is 9.59 Å². The molecule has 1 aliphatic carbocycles. The van der Waals surface area contributed by atoms with E-state index in [1.165, 1.54) is 6.42 Å². The van der Waals surface area contributed by atoms with Crippen molar-refractivity contribution in [2.45, 2.75) is 50.5 Å². The SMILES string of the molecule is O=C(CS)NCC1CCN(C(=O)C2(Nc3ccc(Cl)cc3)CCCCC2)CC1. The summed E-state index contributed by atoms with van der Waals surface area (Å²) in [6, 6.07) is 7.61. The van der Waals surface area contributed by atoms with Gasteiger partial charge in [0.05, 0.1) is 5.75 Å². The smallest absolute Gasteiger partial charge is 0.248 e. The van der Waals surface area contributed by atoms with E-state index in [1.807, 2.05) is 29.2 Å². The van der Waals surface area contributed by atoms with E-state index in [-0.39, 0.29) is 17.6 Å². The molecular weight excluding hydrogens is 394 g/mol. The first-order valence-corrected chi connectivity index (χ1v) is 11.2. The number of rotatable bonds is 6. The maximum atomic E-state index is 13.5. The Hall–Kier alpha value is -1.40. The van der Waals surface area contributed by atoms with Crippen molar-refractivity contribution in [2.75, 3.05) is 30.7 Å². The monoisotopic (exact) mass is 423 g/mol. The van der Waals surface area contributed by atoms with Crippen LogP contribution in [0, 0.1) is 5.92 Å². The molecule has 7 heteroatoms. The number of hydrogen-bond donors (Lipinski definition) is 3. The summed E-state index contributed by atoms with van der Waals surface area (Å²) >= 11 is 10.00. The van der Waals surface area contributed by atoms with Crippen molar-refractivity contribution in [1.29, 1.82) is 0 Å². The van der Waals surface area contributed by atoms with Crippen molar-refractivity contribution in [3.63, 3.8) is 0 Å². The maximum Gasteiger partial charge on any atom is 0.248 e. The van der Waals surface area contributed by atoms with Gasteiger partial charge in [0.2, 0.25) is 11.8 Å². The lowest BCUT2D eigenvalue weighted by atomic mass is 9.79. The Morgan fingerprint density at radius 3 is 2.36 bits per heavy atom. The lowest BCUT2D eigenvalue weighted by Gasteiger charge is -2.43. The first-order valence-electron chi connectivity index (χ1n) is 10.2. The number of likely N-dealkylation sites (tertiary alicyclic amines) is 1. The van der Waals surface area contributed by atoms with Crippen molar-refractivity contribution >= 4 is 41.7 Å². The third-order valence-electron chi connectivity index (χ3n) is 5.98. The molecular formula is C21H30ClN3O2S. The van der Waals surface area contributed by atoms with Crippen LogP contribution in [0.15, 0.2) is 24.3 Å². The van der Waals surface area contributed by atoms with Crippen molar-refractivity contribution in [3.8, 4) is 0 Å². The summed E-state index contributed by atoms with van der Waals surface area (Å²) < 4.78 is 0. The molecule has 28 heavy (non-hydrogen) atoms. The fourth-order valence-electron chi connectivity index (χ4n) is 4.31. The highest BCUT2D eigenvalue weighted by Gasteiger charge is 2.42. The number of piperidine rings is 1. The minimum absolute atomic E-state index is 0.0323. The number of nitrogens with zero attached hydrogens (tertiary/aromatic N) is 1. The second-order valence-corrected chi connectivity index (χ2v) is 8.73. The molecule has 154 valence electrons. The Kier molecular flexibility index (Phi) is 7.52. The summed E-state index contributed by atoms with van der Waals surface area (Å²) in [5.74, 6) is 0.838. The lowest BCUT2D eigenvalue weighted by Crippen LogP contribution is -2.56. The first kappa shape index (κ1) is 21.3. The Bertz CT molecular complexity index is 669. The molecule has 3 rings (SSSR count). The van der Waals surface area contributed by atoms with Gasteiger partial charge in [-0.05, 0) is 55.9 Å². The van der Waals surface area contributed by atoms with Gasteiger partial charge in [-0.2, -0.15) is 12.6 Å². The summed E-state index contributed by atoms with van der Waals surface area (Å²) in [7, 11) is 0. The molecule has 0 bridgehead atoms. The predicted octanol–water partition coefficient (Wildman–Crippen LogP) is 3.74. The van der Waals surface area contributed by atoms with Crippen molar-refractivity contribution < 1.29 is 9.59 Å². The topological polar surface area (TPSA) is 61.4 Å². The molecule has 2 aliphatic rings. The second kappa shape index (κ2) is 9.88. The number of anilines is 1. The molecule has 5 nitrogen and oxygen atoms in total. The van der Waals surface area contributed by atoms with Crippen molar-refractivity contribution in [3.05, 3.63) is 29.3 Å². The predicted molar refractivity (Wildman–Crippen MR) is 117 cm³/mol. The largest absolute Gasteiger partial charge is 0.371 e. The van der Waals surface area contributed by atoms with E-state index in [1.54, 1.807) is 0 Å². The molecule has 1 aromatic carbocycles. The highest BCUT2D eigenvalue weighted by atomic mass is 35.5. The van der Waals surface area contributed by atoms with E-state index in [0.29, 0.717) is 17.5 Å². The number of thiol groups is 1. The van der Waals surface area contributed by atoms with Crippen LogP contribution in [0.4, 0.5) is 5.69 Å². The Labute approximate surface area is 178 Å². The molecule has 1 aromatic rings. The van der Waals surface area contributed by atoms with Crippen molar-refractivity contribution in [1.82, 2.24) is 10.2 Å². The molecule has 0 aromatic heterocycles. The number of carbonyl (C=O) groups excluding carboxylic acids is 2. The van der Waals surface area contributed by atoms with Gasteiger partial charge in [0.15, 0.2) is 0 Å². The average Bonchev–Trinajstić information content (AvgIpc) is 2.74. The molecule has 0 unspecified atom stereocenters. The van der Waals surface area contributed by atoms with Gasteiger partial charge in [-0.15, -0.1) is 0 Å². The summed E-state index contributed by atoms with van der Waals surface area (Å²) in [5.41, 5.74) is 0.433. The zero-order valence-electron chi connectivity index (χ0n) is 16.3. The van der Waals surface area contributed by atoms with E-state index in [9.17, 15) is 9.59 Å². The minimum Gasteiger partial charge on any atom is -0.371 e. The van der Waals surface area contributed by atoms with Gasteiger partial charge in [-0.3, -0.25) is 9.59 Å². The molecule has 1 saturated carbocycles. The molecule has 1 aliphatic heterocycles. The quantitative estimate of drug-likeness (QED) is 0.611. The normalized spacial score (nSPS) is 19.9. The van der Waals surface area contributed by atoms with E-state index < -0.39 is 5.54 Å². The van der Waals surface area contributed by atoms with E-state index >= 15 is 0 Å². The van der Waals surface area contributed by atoms with Gasteiger partial charge in [0.1, 0.15) is 5.54 Å². The number of nitrogens with one attached hydrogen (secondary N) is 2. The number of halogens is 1. The second-order valence-electron chi connectivity index (χ2n) is 7.97. The summed E-state index contributed by atoms with van der Waals surface area (Å²) in [6.07, 6.45) is 6.91. The van der Waals surface area contributed by atoms with E-state index in [4.69, 9.17) is 11.6 Å². The Balaban J connectivity index is 1.62. The lowest BCUT2D eigenvalue weighted by molar-refractivity contribution is -0.138. The standard InChI is InChI=1S/C21H30ClN3O2S/c22-17-4-6-18(7-5-17)24-21(10-2-1-3-11-21)20(27)25-12-8-16(9-13-25)14-23-19(26)15-28/h4-7,16,24,28H,1-3,8-15H2,(H,23,26). The summed E-state index contributed by atoms with van der Waals surface area (Å²) in [4.78, 5) is 26.9. The van der Waals surface area contributed by atoms with E-state index in [2.05, 4.69) is 23.3 Å². The highest BCUT2D eigenvalue weighted by Crippen LogP contribution is 2.35. The van der Waals surface area contributed by atoms with Gasteiger partial charge < -0.3 is 15.5 Å². The summed E-state index contributed by atoms with van der Waals surface area (Å²) in [5, 5.41) is 7.17. The van der Waals surface area contributed by atoms with Gasteiger partial charge >= 0.3 is 0 Å². The Morgan fingerprint density at radius 1 is 1.11 bits per heavy atom. The molecule has 0 atom stereocenters. The molecule has 2 amide bonds. The zero-order valence-corrected chi connectivity index (χ0v) is 17.9. The van der Waals surface area contributed by atoms with E-state index in [0.717, 1.165) is 57.3 Å². The molecule has 2 N–H and O–H groups in total. The molecule has 1 heterocycles. The highest BCUT2D eigenvalue weighted by molar-refractivity contribution is 7.81. The van der Waals surface area contributed by atoms with Crippen LogP contribution in [0.3, 0.4) is 0 Å². The Morgan fingerprint density at radius 2 is 1.75 bits per heavy atom. The molecule has 0 radical (unpaired) electrons. The number of amides is 2. The number of carbonyl (C=O) groups is 2. The molecule has 2 fully saturated rings. The van der Waals surface area contributed by atoms with Crippen LogP contribution in [0.2, 0.25) is 5.02 Å². The maximum absolute atomic E-state index is 13.5. The minimum atomic E-state index is -0.515. The zero-order chi connectivity index (χ0) is 20.0.